The van der Waals surface area contributed by atoms with Crippen LogP contribution in [0.2, 0.25) is 0 Å². The third kappa shape index (κ3) is 7.45. The largest absolute Gasteiger partial charge is 0.481 e. The van der Waals surface area contributed by atoms with Crippen molar-refractivity contribution in [3.05, 3.63) is 0 Å². The molecule has 10 heteroatoms. The van der Waals surface area contributed by atoms with Gasteiger partial charge < -0.3 is 40.7 Å². The van der Waals surface area contributed by atoms with Crippen LogP contribution in [0.15, 0.2) is 0 Å². The lowest BCUT2D eigenvalue weighted by atomic mass is 9.43. The summed E-state index contributed by atoms with van der Waals surface area (Å²) in [4.78, 5) is 24.5. The first-order valence-electron chi connectivity index (χ1n) is 24.8. The molecular weight excluding hydrogens is 759 g/mol. The fourth-order valence-corrected chi connectivity index (χ4v) is 18.0. The second-order valence-corrected chi connectivity index (χ2v) is 23.7. The van der Waals surface area contributed by atoms with Gasteiger partial charge in [0.15, 0.2) is 0 Å². The minimum atomic E-state index is -0.762. The number of carboxylic acids is 1. The zero-order valence-electron chi connectivity index (χ0n) is 37.9. The molecule has 0 bridgehead atoms. The van der Waals surface area contributed by atoms with E-state index >= 15 is 0 Å². The molecule has 0 aromatic rings. The molecule has 7 N–H and O–H groups in total. The summed E-state index contributed by atoms with van der Waals surface area (Å²) in [6.07, 6.45) is 12.6. The van der Waals surface area contributed by atoms with Crippen molar-refractivity contribution in [3.8, 4) is 0 Å². The number of aliphatic carboxylic acids is 1. The Balaban J connectivity index is 0.793. The second-order valence-electron chi connectivity index (χ2n) is 23.7. The number of fused-ring (bicyclic) bond motifs is 10. The SMILES string of the molecule is CC(CCC(=O)NCCO[C@H]1CC[C@@]2(C)[C@@H](C1)C[C@@H](O)[C@@H]1[C@@H]2C[C@H](O)[C@]2(C)C(C(C)CCC(=O)O)CC[C@@H]12)C1CC[C@H]2[C@@H]3[C@H](O)C[C@@H]4C[C@H](O)CC[C@]4(C)[C@H]3C[C@H](O)[C@]12C. The lowest BCUT2D eigenvalue weighted by Gasteiger charge is -2.63. The monoisotopic (exact) mass is 842 g/mol. The van der Waals surface area contributed by atoms with Crippen LogP contribution in [0.4, 0.5) is 0 Å². The van der Waals surface area contributed by atoms with Gasteiger partial charge in [-0.15, -0.1) is 0 Å². The predicted octanol–water partition coefficient (Wildman–Crippen LogP) is 6.97. The van der Waals surface area contributed by atoms with Crippen molar-refractivity contribution in [2.24, 2.45) is 92.7 Å². The van der Waals surface area contributed by atoms with Gasteiger partial charge >= 0.3 is 5.97 Å². The van der Waals surface area contributed by atoms with Crippen LogP contribution in [0.3, 0.4) is 0 Å². The van der Waals surface area contributed by atoms with E-state index in [9.17, 15) is 40.2 Å². The topological polar surface area (TPSA) is 177 Å². The summed E-state index contributed by atoms with van der Waals surface area (Å²) in [5.74, 6) is 2.42. The number of aliphatic hydroxyl groups is 5. The molecule has 342 valence electrons. The van der Waals surface area contributed by atoms with Gasteiger partial charge in [-0.2, -0.15) is 0 Å². The zero-order chi connectivity index (χ0) is 43.1. The van der Waals surface area contributed by atoms with Crippen LogP contribution in [-0.2, 0) is 14.3 Å². The summed E-state index contributed by atoms with van der Waals surface area (Å²) in [6.45, 7) is 14.7. The molecule has 8 aliphatic carbocycles. The normalized spacial score (nSPS) is 51.8. The highest BCUT2D eigenvalue weighted by molar-refractivity contribution is 5.75. The maximum Gasteiger partial charge on any atom is 0.303 e. The fraction of sp³-hybridized carbons (Fsp3) is 0.960. The summed E-state index contributed by atoms with van der Waals surface area (Å²) in [5.41, 5.74) is -0.469. The van der Waals surface area contributed by atoms with Gasteiger partial charge in [0.1, 0.15) is 0 Å². The molecule has 0 aliphatic heterocycles. The van der Waals surface area contributed by atoms with Crippen molar-refractivity contribution < 1.29 is 45.0 Å². The molecule has 0 aromatic heterocycles. The van der Waals surface area contributed by atoms with Gasteiger partial charge in [0.2, 0.25) is 5.91 Å². The molecule has 8 saturated carbocycles. The number of carbonyl (C=O) groups is 2. The molecule has 10 nitrogen and oxygen atoms in total. The lowest BCUT2D eigenvalue weighted by molar-refractivity contribution is -0.209. The van der Waals surface area contributed by atoms with Crippen molar-refractivity contribution in [1.29, 1.82) is 0 Å². The van der Waals surface area contributed by atoms with Crippen LogP contribution < -0.4 is 5.32 Å². The zero-order valence-corrected chi connectivity index (χ0v) is 37.9. The van der Waals surface area contributed by atoms with E-state index in [-0.39, 0.29) is 106 Å². The molecule has 0 heterocycles. The van der Waals surface area contributed by atoms with Crippen molar-refractivity contribution >= 4 is 11.9 Å². The third-order valence-electron chi connectivity index (χ3n) is 21.4. The number of ether oxygens (including phenoxy) is 1. The van der Waals surface area contributed by atoms with Crippen molar-refractivity contribution in [2.45, 2.75) is 194 Å². The Morgan fingerprint density at radius 2 is 1.13 bits per heavy atom. The van der Waals surface area contributed by atoms with Gasteiger partial charge in [-0.25, -0.2) is 0 Å². The first kappa shape index (κ1) is 45.3. The number of carbonyl (C=O) groups excluding carboxylic acids is 1. The van der Waals surface area contributed by atoms with Gasteiger partial charge in [-0.1, -0.05) is 41.5 Å². The molecule has 0 radical (unpaired) electrons. The van der Waals surface area contributed by atoms with Crippen LogP contribution in [0.5, 0.6) is 0 Å². The number of nitrogens with one attached hydrogen (secondary N) is 1. The molecule has 1 amide bonds. The van der Waals surface area contributed by atoms with Crippen LogP contribution in [0, 0.1) is 92.7 Å². The molecule has 8 fully saturated rings. The van der Waals surface area contributed by atoms with Crippen molar-refractivity contribution in [1.82, 2.24) is 5.32 Å². The van der Waals surface area contributed by atoms with Gasteiger partial charge in [0, 0.05) is 19.4 Å². The Morgan fingerprint density at radius 1 is 0.633 bits per heavy atom. The van der Waals surface area contributed by atoms with Crippen LogP contribution in [0.1, 0.15) is 157 Å². The average molecular weight is 842 g/mol. The lowest BCUT2D eigenvalue weighted by Crippen LogP contribution is -2.62. The molecule has 22 atom stereocenters. The highest BCUT2D eigenvalue weighted by atomic mass is 16.5. The minimum absolute atomic E-state index is 0.0348. The maximum absolute atomic E-state index is 13.2. The molecular formula is C50H83NO9. The van der Waals surface area contributed by atoms with E-state index in [1.165, 1.54) is 0 Å². The summed E-state index contributed by atoms with van der Waals surface area (Å²) < 4.78 is 6.43. The maximum atomic E-state index is 13.2. The summed E-state index contributed by atoms with van der Waals surface area (Å²) in [6, 6.07) is 0. The van der Waals surface area contributed by atoms with Crippen LogP contribution in [-0.4, -0.2) is 92.3 Å². The molecule has 0 spiro atoms. The van der Waals surface area contributed by atoms with Gasteiger partial charge in [0.25, 0.3) is 0 Å². The average Bonchev–Trinajstić information content (AvgIpc) is 3.75. The second kappa shape index (κ2) is 16.9. The number of aliphatic hydroxyl groups excluding tert-OH is 5. The van der Waals surface area contributed by atoms with Crippen molar-refractivity contribution in [2.75, 3.05) is 13.2 Å². The number of hydrogen-bond donors (Lipinski definition) is 7. The molecule has 0 aromatic carbocycles. The van der Waals surface area contributed by atoms with Crippen LogP contribution in [0.25, 0.3) is 0 Å². The molecule has 8 aliphatic rings. The van der Waals surface area contributed by atoms with E-state index in [1.807, 2.05) is 0 Å². The summed E-state index contributed by atoms with van der Waals surface area (Å²) >= 11 is 0. The van der Waals surface area contributed by atoms with E-state index in [2.05, 4.69) is 46.9 Å². The first-order valence-corrected chi connectivity index (χ1v) is 24.8. The highest BCUT2D eigenvalue weighted by Crippen LogP contribution is 2.70. The van der Waals surface area contributed by atoms with E-state index in [0.717, 1.165) is 89.9 Å². The number of carboxylic acid groups (broad SMARTS) is 1. The van der Waals surface area contributed by atoms with E-state index in [0.29, 0.717) is 50.2 Å². The third-order valence-corrected chi connectivity index (χ3v) is 21.4. The smallest absolute Gasteiger partial charge is 0.303 e. The fourth-order valence-electron chi connectivity index (χ4n) is 18.0. The molecule has 8 rings (SSSR count). The van der Waals surface area contributed by atoms with Gasteiger partial charge in [-0.3, -0.25) is 9.59 Å². The predicted molar refractivity (Wildman–Crippen MR) is 229 cm³/mol. The standard InChI is InChI=1S/C50H83NO9/c1-27(33-9-11-35-45-37(25-41(55)49(33,35)5)47(3)17-15-31(52)21-29(47)23-39(45)53)7-13-43(57)51-19-20-60-32-16-18-48(4)30(22-32)24-40(54)46-36-12-10-34(28(2)8-14-44(58)59)50(36,6)42(56)26-38(46)48/h27-42,45-46,52-56H,7-26H2,1-6H3,(H,51,57)(H,58,59)/t27?,28?,29-,30-,31+,32-,33?,34?,35-,36-,37-,38-,39+,40+,41-,42-,45-,46-,47-,48-,49+,50+/m0/s1. The highest BCUT2D eigenvalue weighted by Gasteiger charge is 2.67. The van der Waals surface area contributed by atoms with Gasteiger partial charge in [-0.05, 0) is 195 Å². The summed E-state index contributed by atoms with van der Waals surface area (Å²) in [7, 11) is 0. The minimum Gasteiger partial charge on any atom is -0.481 e. The number of amides is 1. The summed E-state index contributed by atoms with van der Waals surface area (Å²) in [5, 5.41) is 70.2. The first-order chi connectivity index (χ1) is 28.3. The molecule has 4 unspecified atom stereocenters. The van der Waals surface area contributed by atoms with Crippen LogP contribution >= 0.6 is 0 Å². The number of rotatable bonds is 12. The van der Waals surface area contributed by atoms with E-state index in [1.54, 1.807) is 0 Å². The van der Waals surface area contributed by atoms with E-state index in [4.69, 9.17) is 4.74 Å². The Morgan fingerprint density at radius 3 is 1.67 bits per heavy atom. The number of hydrogen-bond acceptors (Lipinski definition) is 8. The Hall–Kier alpha value is -1.30. The molecule has 0 saturated heterocycles. The quantitative estimate of drug-likeness (QED) is 0.102. The Kier molecular flexibility index (Phi) is 12.8. The van der Waals surface area contributed by atoms with Crippen molar-refractivity contribution in [3.63, 3.8) is 0 Å². The Bertz CT molecular complexity index is 1560. The Labute approximate surface area is 360 Å². The van der Waals surface area contributed by atoms with Gasteiger partial charge in [0.05, 0.1) is 43.2 Å². The van der Waals surface area contributed by atoms with E-state index < -0.39 is 24.3 Å². The molecule has 60 heavy (non-hydrogen) atoms.